The smallest absolute Gasteiger partial charge is 0.341 e. The van der Waals surface area contributed by atoms with Gasteiger partial charge in [0.2, 0.25) is 0 Å². The Morgan fingerprint density at radius 1 is 1.30 bits per heavy atom. The second-order valence-electron chi connectivity index (χ2n) is 6.05. The van der Waals surface area contributed by atoms with Crippen LogP contribution in [0.25, 0.3) is 0 Å². The first kappa shape index (κ1) is 20.2. The number of halogens is 1. The molecule has 0 spiro atoms. The number of esters is 1. The number of amides is 1. The van der Waals surface area contributed by atoms with Crippen LogP contribution in [0.3, 0.4) is 0 Å². The van der Waals surface area contributed by atoms with E-state index in [-0.39, 0.29) is 17.0 Å². The van der Waals surface area contributed by atoms with Gasteiger partial charge in [0, 0.05) is 14.0 Å². The summed E-state index contributed by atoms with van der Waals surface area (Å²) in [6.07, 6.45) is 3.99. The molecule has 1 heterocycles. The van der Waals surface area contributed by atoms with Gasteiger partial charge < -0.3 is 10.1 Å². The predicted octanol–water partition coefficient (Wildman–Crippen LogP) is 4.54. The van der Waals surface area contributed by atoms with Gasteiger partial charge in [-0.25, -0.2) is 4.79 Å². The van der Waals surface area contributed by atoms with E-state index < -0.39 is 0 Å². The van der Waals surface area contributed by atoms with Crippen molar-refractivity contribution in [1.29, 1.82) is 0 Å². The minimum Gasteiger partial charge on any atom is -0.462 e. The van der Waals surface area contributed by atoms with Crippen molar-refractivity contribution in [2.75, 3.05) is 11.9 Å². The summed E-state index contributed by atoms with van der Waals surface area (Å²) in [5.41, 5.74) is 2.14. The lowest BCUT2D eigenvalue weighted by Gasteiger charge is -2.13. The minimum absolute atomic E-state index is 0.169. The Morgan fingerprint density at radius 3 is 2.81 bits per heavy atom. The molecule has 0 unspecified atom stereocenters. The van der Waals surface area contributed by atoms with E-state index in [4.69, 9.17) is 17.0 Å². The maximum absolute atomic E-state index is 12.5. The van der Waals surface area contributed by atoms with Crippen LogP contribution in [-0.4, -0.2) is 23.6 Å². The number of ether oxygens (including phenoxy) is 1. The molecule has 0 fully saturated rings. The monoisotopic (exact) mass is 514 g/mol. The number of aryl methyl sites for hydroxylation is 1. The second-order valence-corrected chi connectivity index (χ2v) is 8.81. The van der Waals surface area contributed by atoms with Crippen LogP contribution >= 0.6 is 46.1 Å². The maximum Gasteiger partial charge on any atom is 0.341 e. The number of thiocarbonyl (C=S) groups is 1. The van der Waals surface area contributed by atoms with Gasteiger partial charge in [0.15, 0.2) is 5.11 Å². The summed E-state index contributed by atoms with van der Waals surface area (Å²) in [5.74, 6) is -0.629. The van der Waals surface area contributed by atoms with Crippen molar-refractivity contribution in [3.63, 3.8) is 0 Å². The number of benzene rings is 1. The molecule has 1 aliphatic rings. The Labute approximate surface area is 181 Å². The Hall–Kier alpha value is -1.52. The van der Waals surface area contributed by atoms with Crippen molar-refractivity contribution < 1.29 is 14.3 Å². The van der Waals surface area contributed by atoms with Gasteiger partial charge in [-0.3, -0.25) is 10.1 Å². The van der Waals surface area contributed by atoms with Crippen LogP contribution in [0.5, 0.6) is 0 Å². The van der Waals surface area contributed by atoms with Crippen LogP contribution in [-0.2, 0) is 17.6 Å². The maximum atomic E-state index is 12.5. The van der Waals surface area contributed by atoms with E-state index in [1.807, 2.05) is 12.1 Å². The molecule has 1 amide bonds. The van der Waals surface area contributed by atoms with E-state index in [2.05, 4.69) is 33.2 Å². The molecule has 1 aliphatic carbocycles. The standard InChI is InChI=1S/C19H19IN2O3S2/c1-2-25-18(24)15-13-8-3-4-9-14(13)27-17(15)22-19(26)21-16(23)11-6-5-7-12(20)10-11/h5-7,10H,2-4,8-9H2,1H3,(H2,21,22,23,26). The molecule has 1 aromatic heterocycles. The number of anilines is 1. The number of hydrogen-bond donors (Lipinski definition) is 2. The lowest BCUT2D eigenvalue weighted by atomic mass is 9.95. The first-order valence-electron chi connectivity index (χ1n) is 8.69. The van der Waals surface area contributed by atoms with Crippen molar-refractivity contribution in [3.8, 4) is 0 Å². The molecule has 0 aliphatic heterocycles. The van der Waals surface area contributed by atoms with Gasteiger partial charge in [-0.05, 0) is 91.2 Å². The second kappa shape index (κ2) is 9.11. The van der Waals surface area contributed by atoms with E-state index in [1.54, 1.807) is 19.1 Å². The summed E-state index contributed by atoms with van der Waals surface area (Å²) in [6, 6.07) is 7.25. The van der Waals surface area contributed by atoms with Crippen LogP contribution in [0.15, 0.2) is 24.3 Å². The third-order valence-corrected chi connectivity index (χ3v) is 6.27. The first-order chi connectivity index (χ1) is 13.0. The summed E-state index contributed by atoms with van der Waals surface area (Å²) in [7, 11) is 0. The first-order valence-corrected chi connectivity index (χ1v) is 11.0. The van der Waals surface area contributed by atoms with Crippen molar-refractivity contribution in [2.45, 2.75) is 32.6 Å². The van der Waals surface area contributed by atoms with Gasteiger partial charge in [-0.1, -0.05) is 6.07 Å². The summed E-state index contributed by atoms with van der Waals surface area (Å²) in [6.45, 7) is 2.10. The Balaban J connectivity index is 1.78. The number of thiophene rings is 1. The zero-order valence-corrected chi connectivity index (χ0v) is 18.6. The highest BCUT2D eigenvalue weighted by Crippen LogP contribution is 2.38. The molecular formula is C19H19IN2O3S2. The van der Waals surface area contributed by atoms with Crippen LogP contribution in [0.2, 0.25) is 0 Å². The fourth-order valence-corrected chi connectivity index (χ4v) is 5.10. The molecule has 142 valence electrons. The molecule has 2 aromatic rings. The molecule has 0 saturated carbocycles. The molecule has 3 rings (SSSR count). The number of nitrogens with one attached hydrogen (secondary N) is 2. The SMILES string of the molecule is CCOC(=O)c1c(NC(=S)NC(=O)c2cccc(I)c2)sc2c1CCCC2. The van der Waals surface area contributed by atoms with Crippen LogP contribution in [0, 0.1) is 3.57 Å². The third-order valence-electron chi connectivity index (χ3n) is 4.19. The Kier molecular flexibility index (Phi) is 6.83. The van der Waals surface area contributed by atoms with E-state index in [9.17, 15) is 9.59 Å². The van der Waals surface area contributed by atoms with Crippen molar-refractivity contribution in [3.05, 3.63) is 49.4 Å². The van der Waals surface area contributed by atoms with E-state index >= 15 is 0 Å². The van der Waals surface area contributed by atoms with Crippen molar-refractivity contribution in [2.24, 2.45) is 0 Å². The quantitative estimate of drug-likeness (QED) is 0.357. The van der Waals surface area contributed by atoms with Gasteiger partial charge in [-0.2, -0.15) is 0 Å². The van der Waals surface area contributed by atoms with Crippen LogP contribution in [0.4, 0.5) is 5.00 Å². The molecule has 0 radical (unpaired) electrons. The molecular weight excluding hydrogens is 495 g/mol. The molecule has 0 bridgehead atoms. The van der Waals surface area contributed by atoms with Gasteiger partial charge in [0.1, 0.15) is 5.00 Å². The molecule has 5 nitrogen and oxygen atoms in total. The van der Waals surface area contributed by atoms with Crippen molar-refractivity contribution in [1.82, 2.24) is 5.32 Å². The number of carbonyl (C=O) groups is 2. The zero-order chi connectivity index (χ0) is 19.4. The highest BCUT2D eigenvalue weighted by atomic mass is 127. The molecule has 27 heavy (non-hydrogen) atoms. The summed E-state index contributed by atoms with van der Waals surface area (Å²) in [4.78, 5) is 26.1. The molecule has 0 saturated heterocycles. The minimum atomic E-state index is -0.342. The average molecular weight is 514 g/mol. The van der Waals surface area contributed by atoms with Gasteiger partial charge in [-0.15, -0.1) is 11.3 Å². The molecule has 2 N–H and O–H groups in total. The highest BCUT2D eigenvalue weighted by molar-refractivity contribution is 14.1. The summed E-state index contributed by atoms with van der Waals surface area (Å²) < 4.78 is 6.20. The van der Waals surface area contributed by atoms with E-state index in [0.29, 0.717) is 22.7 Å². The fourth-order valence-electron chi connectivity index (χ4n) is 3.01. The van der Waals surface area contributed by atoms with Gasteiger partial charge >= 0.3 is 5.97 Å². The van der Waals surface area contributed by atoms with Crippen molar-refractivity contribution >= 4 is 68.1 Å². The summed E-state index contributed by atoms with van der Waals surface area (Å²) in [5, 5.41) is 6.54. The lowest BCUT2D eigenvalue weighted by Crippen LogP contribution is -2.34. The third kappa shape index (κ3) is 4.85. The predicted molar refractivity (Wildman–Crippen MR) is 120 cm³/mol. The van der Waals surface area contributed by atoms with Crippen LogP contribution in [0.1, 0.15) is 50.9 Å². The van der Waals surface area contributed by atoms with Gasteiger partial charge in [0.25, 0.3) is 5.91 Å². The zero-order valence-electron chi connectivity index (χ0n) is 14.8. The van der Waals surface area contributed by atoms with Gasteiger partial charge in [0.05, 0.1) is 12.2 Å². The Morgan fingerprint density at radius 2 is 2.07 bits per heavy atom. The fraction of sp³-hybridized carbons (Fsp3) is 0.316. The summed E-state index contributed by atoms with van der Waals surface area (Å²) >= 11 is 8.98. The normalized spacial score (nSPS) is 12.8. The number of rotatable bonds is 4. The molecule has 1 aromatic carbocycles. The largest absolute Gasteiger partial charge is 0.462 e. The Bertz CT molecular complexity index is 895. The van der Waals surface area contributed by atoms with Crippen LogP contribution < -0.4 is 10.6 Å². The lowest BCUT2D eigenvalue weighted by molar-refractivity contribution is 0.0526. The van der Waals surface area contributed by atoms with E-state index in [1.165, 1.54) is 16.2 Å². The number of carbonyl (C=O) groups excluding carboxylic acids is 2. The molecule has 0 atom stereocenters. The highest BCUT2D eigenvalue weighted by Gasteiger charge is 2.27. The topological polar surface area (TPSA) is 67.4 Å². The molecule has 8 heteroatoms. The number of fused-ring (bicyclic) bond motifs is 1. The average Bonchev–Trinajstić information content (AvgIpc) is 2.99. The van der Waals surface area contributed by atoms with E-state index in [0.717, 1.165) is 34.8 Å². The number of hydrogen-bond acceptors (Lipinski definition) is 5.